The number of rotatable bonds is 10. The van der Waals surface area contributed by atoms with E-state index in [4.69, 9.17) is 10.5 Å². The molecule has 4 aromatic heterocycles. The van der Waals surface area contributed by atoms with Crippen LogP contribution in [0.1, 0.15) is 55.4 Å². The van der Waals surface area contributed by atoms with Crippen LogP contribution in [0.5, 0.6) is 0 Å². The topological polar surface area (TPSA) is 118 Å². The van der Waals surface area contributed by atoms with Gasteiger partial charge in [-0.05, 0) is 68.9 Å². The third kappa shape index (κ3) is 12.6. The Balaban J connectivity index is 0.000000260. The predicted octanol–water partition coefficient (Wildman–Crippen LogP) is 6.69. The summed E-state index contributed by atoms with van der Waals surface area (Å²) in [6.45, 7) is 18.7. The van der Waals surface area contributed by atoms with E-state index in [2.05, 4.69) is 119 Å². The van der Waals surface area contributed by atoms with Crippen LogP contribution in [-0.2, 0) is 25.0 Å². The van der Waals surface area contributed by atoms with E-state index in [1.165, 1.54) is 22.9 Å². The average molecular weight is 726 g/mol. The zero-order chi connectivity index (χ0) is 33.2. The van der Waals surface area contributed by atoms with Crippen molar-refractivity contribution < 1.29 is 25.0 Å². The van der Waals surface area contributed by atoms with E-state index in [0.717, 1.165) is 44.9 Å². The van der Waals surface area contributed by atoms with Crippen LogP contribution < -0.4 is 10.4 Å². The molecule has 0 N–H and O–H groups in total. The molecule has 4 aromatic rings. The van der Waals surface area contributed by atoms with Crippen LogP contribution in [0.2, 0.25) is 22.2 Å². The normalized spacial score (nSPS) is 10.7. The van der Waals surface area contributed by atoms with Crippen LogP contribution in [0.25, 0.3) is 22.8 Å². The molecule has 0 aliphatic carbocycles. The summed E-state index contributed by atoms with van der Waals surface area (Å²) in [4.78, 5) is 17.9. The van der Waals surface area contributed by atoms with Gasteiger partial charge in [0.2, 0.25) is 0 Å². The second-order valence-corrected chi connectivity index (χ2v) is 21.6. The molecule has 0 atom stereocenters. The number of hydrogen-bond acceptors (Lipinski definition) is 8. The molecule has 0 aliphatic rings. The first-order valence-corrected chi connectivity index (χ1v) is 20.3. The van der Waals surface area contributed by atoms with E-state index in [-0.39, 0.29) is 0 Å². The van der Waals surface area contributed by atoms with E-state index >= 15 is 0 Å². The monoisotopic (exact) mass is 726 g/mol. The molecule has 0 unspecified atom stereocenters. The van der Waals surface area contributed by atoms with E-state index in [1.807, 2.05) is 48.8 Å². The quantitative estimate of drug-likeness (QED) is 0.101. The molecule has 0 amide bonds. The van der Waals surface area contributed by atoms with E-state index in [9.17, 15) is 0 Å². The van der Waals surface area contributed by atoms with Crippen molar-refractivity contribution in [3.63, 3.8) is 0 Å². The van der Waals surface area contributed by atoms with Crippen molar-refractivity contribution in [1.82, 2.24) is 19.9 Å². The van der Waals surface area contributed by atoms with Gasteiger partial charge in [0.15, 0.2) is 0 Å². The summed E-state index contributed by atoms with van der Waals surface area (Å²) in [6, 6.07) is 20.6. The second kappa shape index (κ2) is 20.3. The van der Waals surface area contributed by atoms with Crippen molar-refractivity contribution >= 4 is 28.0 Å². The molecule has 45 heavy (non-hydrogen) atoms. The van der Waals surface area contributed by atoms with Crippen LogP contribution in [0, 0.1) is 23.0 Å². The summed E-state index contributed by atoms with van der Waals surface area (Å²) in [5, 5.41) is 18.2. The Morgan fingerprint density at radius 2 is 0.889 bits per heavy atom. The summed E-state index contributed by atoms with van der Waals surface area (Å²) in [6.07, 6.45) is 10.5. The van der Waals surface area contributed by atoms with Crippen LogP contribution in [0.4, 0.5) is 0 Å². The van der Waals surface area contributed by atoms with E-state index in [1.54, 1.807) is 0 Å². The minimum atomic E-state index is -0.950. The third-order valence-corrected chi connectivity index (χ3v) is 15.8. The Hall–Kier alpha value is -3.76. The van der Waals surface area contributed by atoms with Crippen molar-refractivity contribution in [2.45, 2.75) is 77.6 Å². The van der Waals surface area contributed by atoms with Crippen molar-refractivity contribution in [3.05, 3.63) is 85.5 Å². The maximum absolute atomic E-state index is 7.65. The fourth-order valence-corrected chi connectivity index (χ4v) is 13.1. The van der Waals surface area contributed by atoms with Crippen molar-refractivity contribution in [3.8, 4) is 35.3 Å². The van der Waals surface area contributed by atoms with Crippen LogP contribution >= 0.6 is 0 Å². The molecule has 4 heterocycles. The Labute approximate surface area is 280 Å². The molecule has 11 heteroatoms. The molecule has 0 fully saturated rings. The van der Waals surface area contributed by atoms with Gasteiger partial charge in [0, 0.05) is 24.8 Å². The van der Waals surface area contributed by atoms with Crippen molar-refractivity contribution in [2.24, 2.45) is 0 Å². The molecular weight excluding hydrogens is 682 g/mol. The molecule has 0 saturated heterocycles. The summed E-state index contributed by atoms with van der Waals surface area (Å²) < 4.78 is 8.05. The van der Waals surface area contributed by atoms with Gasteiger partial charge in [0.1, 0.15) is 0 Å². The van der Waals surface area contributed by atoms with Gasteiger partial charge in [-0.3, -0.25) is 19.9 Å². The Kier molecular flexibility index (Phi) is 16.9. The van der Waals surface area contributed by atoms with Crippen molar-refractivity contribution in [2.75, 3.05) is 0 Å². The van der Waals surface area contributed by atoms with Crippen molar-refractivity contribution in [1.29, 1.82) is 10.5 Å². The summed E-state index contributed by atoms with van der Waals surface area (Å²) in [5.74, 6) is 0. The molecule has 0 aliphatic heterocycles. The van der Waals surface area contributed by atoms with E-state index < -0.39 is 35.4 Å². The van der Waals surface area contributed by atoms with Gasteiger partial charge in [-0.2, -0.15) is 0 Å². The Morgan fingerprint density at radius 1 is 0.533 bits per heavy atom. The average Bonchev–Trinajstić information content (AvgIpc) is 3.03. The van der Waals surface area contributed by atoms with Gasteiger partial charge < -0.3 is 0 Å². The first-order chi connectivity index (χ1) is 21.6. The third-order valence-electron chi connectivity index (χ3n) is 7.19. The molecule has 0 bridgehead atoms. The molecule has 0 aromatic carbocycles. The molecular formula is C34H44N6O2RuSi2. The first-order valence-electron chi connectivity index (χ1n) is 15.1. The number of nitrogens with zero attached hydrogens (tertiary/aromatic N) is 6. The van der Waals surface area contributed by atoms with Crippen LogP contribution in [-0.4, -0.2) is 37.5 Å². The molecule has 0 spiro atoms. The van der Waals surface area contributed by atoms with Gasteiger partial charge in [0.05, 0.1) is 40.4 Å². The molecule has 0 saturated carbocycles. The van der Waals surface area contributed by atoms with E-state index in [0.29, 0.717) is 0 Å². The number of aromatic nitrogens is 4. The fraction of sp³-hybridized carbons (Fsp3) is 0.353. The van der Waals surface area contributed by atoms with Gasteiger partial charge >= 0.3 is 48.0 Å². The zero-order valence-electron chi connectivity index (χ0n) is 27.4. The number of hydrogen-bond donors (Lipinski definition) is 0. The Bertz CT molecular complexity index is 1330. The molecule has 4 rings (SSSR count). The summed E-state index contributed by atoms with van der Waals surface area (Å²) in [7, 11) is -1.87. The molecule has 238 valence electrons. The maximum atomic E-state index is 7.65. The second-order valence-electron chi connectivity index (χ2n) is 11.8. The van der Waals surface area contributed by atoms with Crippen LogP contribution in [0.3, 0.4) is 0 Å². The SMILES string of the molecule is CC(C)[SiH](c1ccc(-c2ccccn2)nc1)C(C)C.CC(C)[SiH](c1ccc(-c2ccccn2)nc1)C(C)C.N#C[O][Ru][O]C#N. The number of nitriles is 2. The molecule has 0 radical (unpaired) electrons. The number of pyridine rings is 4. The van der Waals surface area contributed by atoms with Gasteiger partial charge in [-0.25, -0.2) is 0 Å². The molecule has 8 nitrogen and oxygen atoms in total. The Morgan fingerprint density at radius 3 is 1.13 bits per heavy atom. The zero-order valence-corrected chi connectivity index (χ0v) is 31.4. The minimum absolute atomic E-state index is 0.766. The van der Waals surface area contributed by atoms with Crippen LogP contribution in [0.15, 0.2) is 85.5 Å². The first kappa shape index (κ1) is 37.4. The fourth-order valence-electron chi connectivity index (χ4n) is 5.66. The van der Waals surface area contributed by atoms with Gasteiger partial charge in [-0.1, -0.05) is 79.7 Å². The standard InChI is InChI=1S/2C16H22N2Si.2CHNO.Ru/c2*1-12(2)19(13(3)4)14-8-9-16(18-11-14)15-7-5-6-10-17-15;2*2-1-3;/h2*5-13,19H,1-4H3;2*3H;/q;;;;+2/p-2. The summed E-state index contributed by atoms with van der Waals surface area (Å²) in [5.41, 5.74) is 6.88. The predicted molar refractivity (Wildman–Crippen MR) is 182 cm³/mol. The van der Waals surface area contributed by atoms with Gasteiger partial charge in [-0.15, -0.1) is 0 Å². The summed E-state index contributed by atoms with van der Waals surface area (Å²) >= 11 is -0.950. The van der Waals surface area contributed by atoms with Gasteiger partial charge in [0.25, 0.3) is 0 Å².